The molecule has 9 nitrogen and oxygen atoms in total. The van der Waals surface area contributed by atoms with Gasteiger partial charge in [-0.15, -0.1) is 0 Å². The number of carbonyl (C=O) groups is 2. The highest BCUT2D eigenvalue weighted by Crippen LogP contribution is 2.23. The van der Waals surface area contributed by atoms with Crippen LogP contribution in [0.5, 0.6) is 0 Å². The van der Waals surface area contributed by atoms with Crippen molar-refractivity contribution in [2.75, 3.05) is 25.0 Å². The first kappa shape index (κ1) is 20.2. The van der Waals surface area contributed by atoms with Crippen LogP contribution in [0.4, 0.5) is 16.2 Å². The molecule has 0 saturated heterocycles. The Balaban J connectivity index is 2.72. The Morgan fingerprint density at radius 2 is 1.92 bits per heavy atom. The first-order valence-corrected chi connectivity index (χ1v) is 7.80. The summed E-state index contributed by atoms with van der Waals surface area (Å²) in [5, 5.41) is 16.3. The fourth-order valence-corrected chi connectivity index (χ4v) is 1.85. The van der Waals surface area contributed by atoms with Gasteiger partial charge in [0, 0.05) is 25.2 Å². The third-order valence-corrected chi connectivity index (χ3v) is 2.82. The van der Waals surface area contributed by atoms with Crippen LogP contribution in [-0.2, 0) is 9.47 Å². The van der Waals surface area contributed by atoms with E-state index in [9.17, 15) is 19.7 Å². The predicted octanol–water partition coefficient (Wildman–Crippen LogP) is 2.71. The van der Waals surface area contributed by atoms with Crippen LogP contribution in [0.3, 0.4) is 0 Å². The zero-order chi connectivity index (χ0) is 19.0. The van der Waals surface area contributed by atoms with Crippen LogP contribution in [0, 0.1) is 10.1 Å². The summed E-state index contributed by atoms with van der Waals surface area (Å²) in [5.41, 5.74) is -0.312. The number of hydrogen-bond donors (Lipinski definition) is 2. The minimum absolute atomic E-state index is 0.157. The lowest BCUT2D eigenvalue weighted by Crippen LogP contribution is -2.35. The van der Waals surface area contributed by atoms with Gasteiger partial charge >= 0.3 is 12.1 Å². The number of nitrogens with one attached hydrogen (secondary N) is 2. The van der Waals surface area contributed by atoms with Gasteiger partial charge in [-0.3, -0.25) is 10.1 Å². The van der Waals surface area contributed by atoms with Gasteiger partial charge in [0.25, 0.3) is 5.69 Å². The molecule has 0 aliphatic carbocycles. The Morgan fingerprint density at radius 3 is 2.48 bits per heavy atom. The van der Waals surface area contributed by atoms with E-state index in [1.54, 1.807) is 27.7 Å². The van der Waals surface area contributed by atoms with Crippen LogP contribution in [0.15, 0.2) is 18.2 Å². The Labute approximate surface area is 145 Å². The number of nitro benzene ring substituents is 1. The van der Waals surface area contributed by atoms with Gasteiger partial charge in [-0.05, 0) is 33.8 Å². The number of carbonyl (C=O) groups excluding carboxylic acids is 2. The summed E-state index contributed by atoms with van der Waals surface area (Å²) < 4.78 is 10.0. The highest BCUT2D eigenvalue weighted by atomic mass is 16.6. The monoisotopic (exact) mass is 353 g/mol. The van der Waals surface area contributed by atoms with E-state index in [1.807, 2.05) is 0 Å². The van der Waals surface area contributed by atoms with Crippen molar-refractivity contribution >= 4 is 23.4 Å². The van der Waals surface area contributed by atoms with Crippen molar-refractivity contribution in [3.8, 4) is 0 Å². The zero-order valence-corrected chi connectivity index (χ0v) is 14.8. The van der Waals surface area contributed by atoms with Crippen LogP contribution >= 0.6 is 0 Å². The lowest BCUT2D eigenvalue weighted by molar-refractivity contribution is -0.384. The summed E-state index contributed by atoms with van der Waals surface area (Å²) in [7, 11) is 0. The van der Waals surface area contributed by atoms with Crippen molar-refractivity contribution < 1.29 is 24.0 Å². The van der Waals surface area contributed by atoms with E-state index in [2.05, 4.69) is 10.6 Å². The standard InChI is InChI=1S/C16H23N3O6/c1-5-24-14(20)12-7-6-11(19(22)23)10-13(12)17-8-9-18-15(21)25-16(2,3)4/h6-7,10,17H,5,8-9H2,1-4H3,(H,18,21). The number of amides is 1. The molecule has 0 bridgehead atoms. The normalized spacial score (nSPS) is 10.7. The van der Waals surface area contributed by atoms with Crippen LogP contribution in [0.2, 0.25) is 0 Å². The molecule has 2 N–H and O–H groups in total. The first-order valence-electron chi connectivity index (χ1n) is 7.80. The number of alkyl carbamates (subject to hydrolysis) is 1. The van der Waals surface area contributed by atoms with E-state index >= 15 is 0 Å². The van der Waals surface area contributed by atoms with Crippen LogP contribution < -0.4 is 10.6 Å². The number of esters is 1. The number of non-ortho nitro benzene ring substituents is 1. The first-order chi connectivity index (χ1) is 11.6. The number of benzene rings is 1. The molecule has 0 aliphatic heterocycles. The molecule has 0 fully saturated rings. The Morgan fingerprint density at radius 1 is 1.24 bits per heavy atom. The molecule has 0 heterocycles. The third kappa shape index (κ3) is 7.06. The lowest BCUT2D eigenvalue weighted by atomic mass is 10.1. The van der Waals surface area contributed by atoms with Gasteiger partial charge < -0.3 is 20.1 Å². The maximum Gasteiger partial charge on any atom is 0.407 e. The quantitative estimate of drug-likeness (QED) is 0.335. The summed E-state index contributed by atoms with van der Waals surface area (Å²) in [4.78, 5) is 33.8. The van der Waals surface area contributed by atoms with Gasteiger partial charge in [0.15, 0.2) is 0 Å². The molecule has 1 amide bonds. The zero-order valence-electron chi connectivity index (χ0n) is 14.8. The van der Waals surface area contributed by atoms with Gasteiger partial charge in [0.2, 0.25) is 0 Å². The molecular weight excluding hydrogens is 330 g/mol. The SMILES string of the molecule is CCOC(=O)c1ccc([N+](=O)[O-])cc1NCCNC(=O)OC(C)(C)C. The van der Waals surface area contributed by atoms with Crippen molar-refractivity contribution in [3.05, 3.63) is 33.9 Å². The van der Waals surface area contributed by atoms with Gasteiger partial charge in [0.05, 0.1) is 22.8 Å². The molecule has 0 saturated carbocycles. The average molecular weight is 353 g/mol. The average Bonchev–Trinajstić information content (AvgIpc) is 2.49. The Kier molecular flexibility index (Phi) is 7.16. The predicted molar refractivity (Wildman–Crippen MR) is 91.8 cm³/mol. The molecule has 1 aromatic rings. The number of rotatable bonds is 7. The number of ether oxygens (including phenoxy) is 2. The van der Waals surface area contributed by atoms with E-state index in [1.165, 1.54) is 18.2 Å². The molecule has 0 atom stereocenters. The summed E-state index contributed by atoms with van der Waals surface area (Å²) in [6, 6.07) is 3.82. The van der Waals surface area contributed by atoms with Gasteiger partial charge in [-0.2, -0.15) is 0 Å². The van der Waals surface area contributed by atoms with Crippen LogP contribution in [0.25, 0.3) is 0 Å². The Bertz CT molecular complexity index is 639. The maximum atomic E-state index is 11.9. The molecule has 0 radical (unpaired) electrons. The van der Waals surface area contributed by atoms with E-state index < -0.39 is 22.6 Å². The Hall–Kier alpha value is -2.84. The molecule has 1 aromatic carbocycles. The minimum atomic E-state index is -0.603. The van der Waals surface area contributed by atoms with Crippen LogP contribution in [-0.4, -0.2) is 42.3 Å². The number of nitro groups is 1. The molecule has 25 heavy (non-hydrogen) atoms. The molecule has 0 spiro atoms. The van der Waals surface area contributed by atoms with Crippen molar-refractivity contribution in [1.82, 2.24) is 5.32 Å². The summed E-state index contributed by atoms with van der Waals surface area (Å²) in [6.45, 7) is 7.56. The molecule has 0 aromatic heterocycles. The van der Waals surface area contributed by atoms with E-state index in [0.717, 1.165) is 0 Å². The second kappa shape index (κ2) is 8.86. The number of nitrogens with zero attached hydrogens (tertiary/aromatic N) is 1. The number of hydrogen-bond acceptors (Lipinski definition) is 7. The van der Waals surface area contributed by atoms with E-state index in [0.29, 0.717) is 0 Å². The molecular formula is C16H23N3O6. The van der Waals surface area contributed by atoms with Crippen molar-refractivity contribution in [2.45, 2.75) is 33.3 Å². The largest absolute Gasteiger partial charge is 0.462 e. The third-order valence-electron chi connectivity index (χ3n) is 2.82. The second-order valence-corrected chi connectivity index (χ2v) is 6.06. The molecule has 9 heteroatoms. The summed E-state index contributed by atoms with van der Waals surface area (Å²) >= 11 is 0. The molecule has 0 aliphatic rings. The van der Waals surface area contributed by atoms with Crippen molar-refractivity contribution in [2.24, 2.45) is 0 Å². The summed E-state index contributed by atoms with van der Waals surface area (Å²) in [6.07, 6.45) is -0.570. The highest BCUT2D eigenvalue weighted by Gasteiger charge is 2.18. The molecule has 138 valence electrons. The fraction of sp³-hybridized carbons (Fsp3) is 0.500. The number of anilines is 1. The molecule has 1 rings (SSSR count). The topological polar surface area (TPSA) is 120 Å². The minimum Gasteiger partial charge on any atom is -0.462 e. The van der Waals surface area contributed by atoms with Gasteiger partial charge in [0.1, 0.15) is 5.60 Å². The van der Waals surface area contributed by atoms with Gasteiger partial charge in [-0.25, -0.2) is 9.59 Å². The van der Waals surface area contributed by atoms with Crippen LogP contribution in [0.1, 0.15) is 38.1 Å². The second-order valence-electron chi connectivity index (χ2n) is 6.06. The van der Waals surface area contributed by atoms with Crippen molar-refractivity contribution in [3.63, 3.8) is 0 Å². The molecule has 0 unspecified atom stereocenters. The van der Waals surface area contributed by atoms with E-state index in [-0.39, 0.29) is 36.6 Å². The van der Waals surface area contributed by atoms with Crippen molar-refractivity contribution in [1.29, 1.82) is 0 Å². The fourth-order valence-electron chi connectivity index (χ4n) is 1.85. The lowest BCUT2D eigenvalue weighted by Gasteiger charge is -2.19. The smallest absolute Gasteiger partial charge is 0.407 e. The van der Waals surface area contributed by atoms with Gasteiger partial charge in [-0.1, -0.05) is 0 Å². The summed E-state index contributed by atoms with van der Waals surface area (Å²) in [5.74, 6) is -0.583. The maximum absolute atomic E-state index is 11.9. The van der Waals surface area contributed by atoms with E-state index in [4.69, 9.17) is 9.47 Å². The highest BCUT2D eigenvalue weighted by molar-refractivity contribution is 5.96.